The summed E-state index contributed by atoms with van der Waals surface area (Å²) in [4.78, 5) is 24.1. The molecule has 0 bridgehead atoms. The average Bonchev–Trinajstić information content (AvgIpc) is 3.52. The first-order valence-electron chi connectivity index (χ1n) is 9.29. The minimum atomic E-state index is -0.939. The predicted octanol–water partition coefficient (Wildman–Crippen LogP) is 2.87. The van der Waals surface area contributed by atoms with Crippen LogP contribution in [-0.4, -0.2) is 37.7 Å². The molecule has 1 fully saturated rings. The Bertz CT molecular complexity index is 850. The Labute approximate surface area is 164 Å². The molecule has 1 aliphatic rings. The van der Waals surface area contributed by atoms with E-state index in [9.17, 15) is 14.7 Å². The summed E-state index contributed by atoms with van der Waals surface area (Å²) in [5.74, 6) is -0.285. The first-order valence-corrected chi connectivity index (χ1v) is 9.29. The topological polar surface area (TPSA) is 84.9 Å². The standard InChI is InChI=1S/C22H25NO5/c1-27-17-8-5-7-14(11-17)18-12-19(18)21(24)23-13-16(22(25)26)10-15-6-3-4-9-20(15)28-2/h3-9,11,16,18-19H,10,12-13H2,1-2H3,(H,23,24)(H,25,26). The molecular weight excluding hydrogens is 358 g/mol. The van der Waals surface area contributed by atoms with E-state index in [0.717, 1.165) is 23.3 Å². The van der Waals surface area contributed by atoms with Crippen LogP contribution in [0.3, 0.4) is 0 Å². The first-order chi connectivity index (χ1) is 13.5. The minimum absolute atomic E-state index is 0.0908. The highest BCUT2D eigenvalue weighted by molar-refractivity contribution is 5.83. The summed E-state index contributed by atoms with van der Waals surface area (Å²) >= 11 is 0. The second-order valence-electron chi connectivity index (χ2n) is 7.02. The van der Waals surface area contributed by atoms with Crippen molar-refractivity contribution in [1.29, 1.82) is 0 Å². The number of ether oxygens (including phenoxy) is 2. The summed E-state index contributed by atoms with van der Waals surface area (Å²) in [5.41, 5.74) is 1.88. The molecule has 2 aromatic rings. The number of nitrogens with one attached hydrogen (secondary N) is 1. The van der Waals surface area contributed by atoms with Crippen molar-refractivity contribution >= 4 is 11.9 Å². The van der Waals surface area contributed by atoms with E-state index < -0.39 is 11.9 Å². The fourth-order valence-corrected chi connectivity index (χ4v) is 3.46. The third-order valence-electron chi connectivity index (χ3n) is 5.18. The largest absolute Gasteiger partial charge is 0.497 e. The average molecular weight is 383 g/mol. The highest BCUT2D eigenvalue weighted by Gasteiger charge is 2.44. The molecule has 0 saturated heterocycles. The fourth-order valence-electron chi connectivity index (χ4n) is 3.46. The molecule has 3 atom stereocenters. The maximum atomic E-state index is 12.5. The second-order valence-corrected chi connectivity index (χ2v) is 7.02. The molecule has 148 valence electrons. The van der Waals surface area contributed by atoms with Crippen molar-refractivity contribution in [3.05, 3.63) is 59.7 Å². The second kappa shape index (κ2) is 8.78. The summed E-state index contributed by atoms with van der Waals surface area (Å²) in [6.45, 7) is 0.0908. The van der Waals surface area contributed by atoms with E-state index in [4.69, 9.17) is 9.47 Å². The van der Waals surface area contributed by atoms with Crippen molar-refractivity contribution in [2.75, 3.05) is 20.8 Å². The number of methoxy groups -OCH3 is 2. The number of hydrogen-bond donors (Lipinski definition) is 2. The molecule has 1 amide bonds. The van der Waals surface area contributed by atoms with Gasteiger partial charge in [0.1, 0.15) is 11.5 Å². The van der Waals surface area contributed by atoms with E-state index in [1.54, 1.807) is 20.3 Å². The van der Waals surface area contributed by atoms with Crippen LogP contribution in [0.25, 0.3) is 0 Å². The van der Waals surface area contributed by atoms with E-state index in [2.05, 4.69) is 5.32 Å². The van der Waals surface area contributed by atoms with Gasteiger partial charge in [-0.15, -0.1) is 0 Å². The van der Waals surface area contributed by atoms with Gasteiger partial charge in [-0.3, -0.25) is 9.59 Å². The van der Waals surface area contributed by atoms with Gasteiger partial charge in [-0.05, 0) is 48.1 Å². The SMILES string of the molecule is COc1cccc(C2CC2C(=O)NCC(Cc2ccccc2OC)C(=O)O)c1. The van der Waals surface area contributed by atoms with Crippen LogP contribution in [0.1, 0.15) is 23.5 Å². The van der Waals surface area contributed by atoms with Crippen molar-refractivity contribution in [2.24, 2.45) is 11.8 Å². The number of carboxylic acids is 1. The van der Waals surface area contributed by atoms with E-state index in [1.807, 2.05) is 42.5 Å². The Morgan fingerprint density at radius 2 is 1.93 bits per heavy atom. The molecule has 0 spiro atoms. The van der Waals surface area contributed by atoms with Crippen molar-refractivity contribution in [3.63, 3.8) is 0 Å². The highest BCUT2D eigenvalue weighted by atomic mass is 16.5. The number of rotatable bonds is 9. The molecule has 3 rings (SSSR count). The highest BCUT2D eigenvalue weighted by Crippen LogP contribution is 2.48. The molecule has 1 aliphatic carbocycles. The number of benzene rings is 2. The molecule has 2 N–H and O–H groups in total. The van der Waals surface area contributed by atoms with Crippen LogP contribution in [0.2, 0.25) is 0 Å². The quantitative estimate of drug-likeness (QED) is 0.696. The van der Waals surface area contributed by atoms with Gasteiger partial charge < -0.3 is 19.9 Å². The van der Waals surface area contributed by atoms with E-state index in [0.29, 0.717) is 12.2 Å². The third kappa shape index (κ3) is 4.63. The number of carbonyl (C=O) groups is 2. The number of aliphatic carboxylic acids is 1. The molecule has 0 aliphatic heterocycles. The smallest absolute Gasteiger partial charge is 0.308 e. The molecule has 3 unspecified atom stereocenters. The molecule has 6 heteroatoms. The molecular formula is C22H25NO5. The van der Waals surface area contributed by atoms with Crippen LogP contribution in [0.5, 0.6) is 11.5 Å². The van der Waals surface area contributed by atoms with Gasteiger partial charge in [0.25, 0.3) is 0 Å². The van der Waals surface area contributed by atoms with Gasteiger partial charge >= 0.3 is 5.97 Å². The molecule has 0 aromatic heterocycles. The lowest BCUT2D eigenvalue weighted by molar-refractivity contribution is -0.141. The van der Waals surface area contributed by atoms with E-state index >= 15 is 0 Å². The Morgan fingerprint density at radius 3 is 2.64 bits per heavy atom. The zero-order valence-electron chi connectivity index (χ0n) is 16.1. The normalized spacial score (nSPS) is 18.8. The Morgan fingerprint density at radius 1 is 1.14 bits per heavy atom. The van der Waals surface area contributed by atoms with E-state index in [-0.39, 0.29) is 24.3 Å². The number of amides is 1. The number of para-hydroxylation sites is 1. The van der Waals surface area contributed by atoms with Crippen LogP contribution < -0.4 is 14.8 Å². The van der Waals surface area contributed by atoms with Crippen molar-refractivity contribution in [2.45, 2.75) is 18.8 Å². The minimum Gasteiger partial charge on any atom is -0.497 e. The zero-order valence-corrected chi connectivity index (χ0v) is 16.1. The third-order valence-corrected chi connectivity index (χ3v) is 5.18. The van der Waals surface area contributed by atoms with Gasteiger partial charge in [-0.2, -0.15) is 0 Å². The van der Waals surface area contributed by atoms with Crippen LogP contribution >= 0.6 is 0 Å². The predicted molar refractivity (Wildman–Crippen MR) is 105 cm³/mol. The number of hydrogen-bond acceptors (Lipinski definition) is 4. The Kier molecular flexibility index (Phi) is 6.19. The van der Waals surface area contributed by atoms with Crippen molar-refractivity contribution in [1.82, 2.24) is 5.32 Å². The molecule has 0 heterocycles. The lowest BCUT2D eigenvalue weighted by Gasteiger charge is -2.15. The molecule has 0 radical (unpaired) electrons. The summed E-state index contributed by atoms with van der Waals surface area (Å²) < 4.78 is 10.5. The summed E-state index contributed by atoms with van der Waals surface area (Å²) in [7, 11) is 3.17. The first kappa shape index (κ1) is 19.7. The monoisotopic (exact) mass is 383 g/mol. The van der Waals surface area contributed by atoms with Crippen LogP contribution in [-0.2, 0) is 16.0 Å². The summed E-state index contributed by atoms with van der Waals surface area (Å²) in [6.07, 6.45) is 1.06. The van der Waals surface area contributed by atoms with E-state index in [1.165, 1.54) is 0 Å². The molecule has 28 heavy (non-hydrogen) atoms. The number of carboxylic acid groups (broad SMARTS) is 1. The van der Waals surface area contributed by atoms with Crippen LogP contribution in [0.15, 0.2) is 48.5 Å². The van der Waals surface area contributed by atoms with Gasteiger partial charge in [0.05, 0.1) is 20.1 Å². The van der Waals surface area contributed by atoms with Crippen molar-refractivity contribution in [3.8, 4) is 11.5 Å². The molecule has 6 nitrogen and oxygen atoms in total. The summed E-state index contributed by atoms with van der Waals surface area (Å²) in [5, 5.41) is 12.4. The zero-order chi connectivity index (χ0) is 20.1. The lowest BCUT2D eigenvalue weighted by atomic mass is 9.98. The van der Waals surface area contributed by atoms with Gasteiger partial charge in [0.2, 0.25) is 5.91 Å². The fraction of sp³-hybridized carbons (Fsp3) is 0.364. The van der Waals surface area contributed by atoms with Crippen LogP contribution in [0, 0.1) is 11.8 Å². The van der Waals surface area contributed by atoms with Gasteiger partial charge in [-0.25, -0.2) is 0 Å². The molecule has 1 saturated carbocycles. The van der Waals surface area contributed by atoms with Gasteiger partial charge in [-0.1, -0.05) is 30.3 Å². The Balaban J connectivity index is 1.57. The maximum absolute atomic E-state index is 12.5. The van der Waals surface area contributed by atoms with Gasteiger partial charge in [0.15, 0.2) is 0 Å². The molecule has 2 aromatic carbocycles. The lowest BCUT2D eigenvalue weighted by Crippen LogP contribution is -2.35. The van der Waals surface area contributed by atoms with Crippen molar-refractivity contribution < 1.29 is 24.2 Å². The maximum Gasteiger partial charge on any atom is 0.308 e. The van der Waals surface area contributed by atoms with Gasteiger partial charge in [0, 0.05) is 12.5 Å². The van der Waals surface area contributed by atoms with Crippen LogP contribution in [0.4, 0.5) is 0 Å². The Hall–Kier alpha value is -3.02. The summed E-state index contributed by atoms with van der Waals surface area (Å²) in [6, 6.07) is 15.0. The number of carbonyl (C=O) groups excluding carboxylic acids is 1.